The first-order valence-electron chi connectivity index (χ1n) is 10.5. The van der Waals surface area contributed by atoms with Crippen molar-refractivity contribution >= 4 is 28.8 Å². The van der Waals surface area contributed by atoms with Gasteiger partial charge < -0.3 is 10.0 Å². The van der Waals surface area contributed by atoms with E-state index >= 15 is 0 Å². The molecule has 32 heavy (non-hydrogen) atoms. The van der Waals surface area contributed by atoms with Gasteiger partial charge in [-0.2, -0.15) is 0 Å². The summed E-state index contributed by atoms with van der Waals surface area (Å²) in [5.74, 6) is -1.43. The molecule has 1 saturated heterocycles. The van der Waals surface area contributed by atoms with Crippen molar-refractivity contribution < 1.29 is 14.7 Å². The van der Waals surface area contributed by atoms with Crippen LogP contribution < -0.4 is 0 Å². The van der Waals surface area contributed by atoms with Crippen LogP contribution in [-0.4, -0.2) is 26.7 Å². The van der Waals surface area contributed by atoms with Crippen LogP contribution in [0.25, 0.3) is 5.76 Å². The fourth-order valence-corrected chi connectivity index (χ4v) is 4.69. The summed E-state index contributed by atoms with van der Waals surface area (Å²) in [4.78, 5) is 33.0. The molecule has 5 nitrogen and oxygen atoms in total. The zero-order chi connectivity index (χ0) is 23.0. The van der Waals surface area contributed by atoms with E-state index in [-0.39, 0.29) is 16.7 Å². The Hall–Kier alpha value is -3.25. The summed E-state index contributed by atoms with van der Waals surface area (Å²) in [6.45, 7) is 8.47. The summed E-state index contributed by atoms with van der Waals surface area (Å²) < 4.78 is 0. The topological polar surface area (TPSA) is 70.5 Å². The Kier molecular flexibility index (Phi) is 5.73. The van der Waals surface area contributed by atoms with Gasteiger partial charge in [0.25, 0.3) is 11.7 Å². The lowest BCUT2D eigenvalue weighted by molar-refractivity contribution is -0.140. The molecular formula is C26H26N2O3S. The Morgan fingerprint density at radius 3 is 2.56 bits per heavy atom. The van der Waals surface area contributed by atoms with Crippen LogP contribution >= 0.6 is 11.3 Å². The molecule has 6 heteroatoms. The number of thiophene rings is 1. The molecule has 1 aromatic carbocycles. The summed E-state index contributed by atoms with van der Waals surface area (Å²) in [6, 6.07) is 12.6. The van der Waals surface area contributed by atoms with Crippen molar-refractivity contribution in [2.45, 2.75) is 45.7 Å². The number of nitrogens with zero attached hydrogens (tertiary/aromatic N) is 2. The minimum Gasteiger partial charge on any atom is -0.507 e. The number of rotatable bonds is 4. The normalized spacial score (nSPS) is 18.4. The molecule has 3 aromatic rings. The zero-order valence-electron chi connectivity index (χ0n) is 18.6. The molecule has 0 saturated carbocycles. The molecule has 4 rings (SSSR count). The summed E-state index contributed by atoms with van der Waals surface area (Å²) in [6.07, 6.45) is 3.29. The molecule has 2 aromatic heterocycles. The third kappa shape index (κ3) is 3.98. The average molecular weight is 447 g/mol. The molecule has 1 unspecified atom stereocenters. The SMILES string of the molecule is Cc1ccc(C(C)(C)C)cc1/C(O)=C1\C(=O)C(=O)N(Cc2cccs2)C1c1cccnc1. The van der Waals surface area contributed by atoms with E-state index in [1.807, 2.05) is 48.7 Å². The molecular weight excluding hydrogens is 420 g/mol. The number of hydrogen-bond donors (Lipinski definition) is 1. The molecule has 0 spiro atoms. The Labute approximate surface area is 192 Å². The monoisotopic (exact) mass is 446 g/mol. The van der Waals surface area contributed by atoms with E-state index in [1.165, 1.54) is 16.2 Å². The summed E-state index contributed by atoms with van der Waals surface area (Å²) in [7, 11) is 0. The molecule has 1 amide bonds. The molecule has 1 N–H and O–H groups in total. The van der Waals surface area contributed by atoms with Gasteiger partial charge in [-0.1, -0.05) is 45.0 Å². The van der Waals surface area contributed by atoms with Gasteiger partial charge in [-0.25, -0.2) is 0 Å². The van der Waals surface area contributed by atoms with Crippen molar-refractivity contribution in [2.75, 3.05) is 0 Å². The second-order valence-corrected chi connectivity index (χ2v) is 10.1. The van der Waals surface area contributed by atoms with Gasteiger partial charge in [0, 0.05) is 22.8 Å². The van der Waals surface area contributed by atoms with Crippen LogP contribution in [0.1, 0.15) is 53.9 Å². The van der Waals surface area contributed by atoms with Crippen LogP contribution in [-0.2, 0) is 21.5 Å². The number of pyridine rings is 1. The number of likely N-dealkylation sites (tertiary alicyclic amines) is 1. The quantitative estimate of drug-likeness (QED) is 0.332. The van der Waals surface area contributed by atoms with Gasteiger partial charge in [-0.3, -0.25) is 14.6 Å². The van der Waals surface area contributed by atoms with Gasteiger partial charge in [-0.15, -0.1) is 11.3 Å². The minimum absolute atomic E-state index is 0.105. The third-order valence-electron chi connectivity index (χ3n) is 5.81. The Morgan fingerprint density at radius 1 is 1.16 bits per heavy atom. The summed E-state index contributed by atoms with van der Waals surface area (Å²) >= 11 is 1.52. The lowest BCUT2D eigenvalue weighted by atomic mass is 9.84. The van der Waals surface area contributed by atoms with Crippen molar-refractivity contribution in [3.63, 3.8) is 0 Å². The maximum Gasteiger partial charge on any atom is 0.295 e. The van der Waals surface area contributed by atoms with E-state index in [9.17, 15) is 14.7 Å². The minimum atomic E-state index is -0.705. The molecule has 1 aliphatic heterocycles. The van der Waals surface area contributed by atoms with E-state index in [2.05, 4.69) is 25.8 Å². The van der Waals surface area contributed by atoms with Crippen LogP contribution in [0.15, 0.2) is 65.8 Å². The van der Waals surface area contributed by atoms with Crippen molar-refractivity contribution in [3.05, 3.63) is 92.9 Å². The van der Waals surface area contributed by atoms with Crippen LogP contribution in [0.3, 0.4) is 0 Å². The van der Waals surface area contributed by atoms with Gasteiger partial charge in [0.05, 0.1) is 18.2 Å². The number of hydrogen-bond acceptors (Lipinski definition) is 5. The van der Waals surface area contributed by atoms with E-state index in [0.29, 0.717) is 17.7 Å². The lowest BCUT2D eigenvalue weighted by Crippen LogP contribution is -2.28. The van der Waals surface area contributed by atoms with Crippen LogP contribution in [0.4, 0.5) is 0 Å². The molecule has 1 aliphatic rings. The summed E-state index contributed by atoms with van der Waals surface area (Å²) in [5, 5.41) is 13.4. The van der Waals surface area contributed by atoms with E-state index in [4.69, 9.17) is 0 Å². The number of aliphatic hydroxyl groups is 1. The number of aliphatic hydroxyl groups excluding tert-OH is 1. The van der Waals surface area contributed by atoms with Crippen molar-refractivity contribution in [3.8, 4) is 0 Å². The third-order valence-corrected chi connectivity index (χ3v) is 6.67. The van der Waals surface area contributed by atoms with Gasteiger partial charge >= 0.3 is 0 Å². The van der Waals surface area contributed by atoms with Gasteiger partial charge in [0.1, 0.15) is 5.76 Å². The number of Topliss-reactive ketones (excluding diaryl/α,β-unsaturated/α-hetero) is 1. The highest BCUT2D eigenvalue weighted by Crippen LogP contribution is 2.41. The highest BCUT2D eigenvalue weighted by atomic mass is 32.1. The van der Waals surface area contributed by atoms with Gasteiger partial charge in [0.15, 0.2) is 0 Å². The van der Waals surface area contributed by atoms with Crippen molar-refractivity contribution in [1.82, 2.24) is 9.88 Å². The zero-order valence-corrected chi connectivity index (χ0v) is 19.4. The van der Waals surface area contributed by atoms with Crippen LogP contribution in [0.5, 0.6) is 0 Å². The Balaban J connectivity index is 1.90. The first kappa shape index (κ1) is 22.0. The van der Waals surface area contributed by atoms with Crippen LogP contribution in [0, 0.1) is 6.92 Å². The van der Waals surface area contributed by atoms with E-state index in [0.717, 1.165) is 16.0 Å². The summed E-state index contributed by atoms with van der Waals surface area (Å²) in [5.41, 5.74) is 3.11. The highest BCUT2D eigenvalue weighted by Gasteiger charge is 2.46. The molecule has 0 aliphatic carbocycles. The first-order valence-corrected chi connectivity index (χ1v) is 11.4. The van der Waals surface area contributed by atoms with Gasteiger partial charge in [-0.05, 0) is 52.6 Å². The Morgan fingerprint density at radius 2 is 1.94 bits per heavy atom. The molecule has 1 fully saturated rings. The molecule has 0 bridgehead atoms. The van der Waals surface area contributed by atoms with E-state index in [1.54, 1.807) is 18.5 Å². The molecule has 3 heterocycles. The molecule has 0 radical (unpaired) electrons. The maximum atomic E-state index is 13.2. The molecule has 1 atom stereocenters. The number of aryl methyl sites for hydroxylation is 1. The number of amides is 1. The largest absolute Gasteiger partial charge is 0.507 e. The second-order valence-electron chi connectivity index (χ2n) is 9.07. The first-order chi connectivity index (χ1) is 15.2. The fraction of sp³-hybridized carbons (Fsp3) is 0.269. The maximum absolute atomic E-state index is 13.2. The average Bonchev–Trinajstić information content (AvgIpc) is 3.36. The number of carbonyl (C=O) groups excluding carboxylic acids is 2. The predicted octanol–water partition coefficient (Wildman–Crippen LogP) is 5.37. The second kappa shape index (κ2) is 8.36. The Bertz CT molecular complexity index is 1190. The standard InChI is InChI=1S/C26H26N2O3S/c1-16-9-10-18(26(2,3)4)13-20(16)23(29)21-22(17-7-5-11-27-14-17)28(25(31)24(21)30)15-19-8-6-12-32-19/h5-14,22,29H,15H2,1-4H3/b23-21+. The molecule has 164 valence electrons. The van der Waals surface area contributed by atoms with Crippen molar-refractivity contribution in [2.24, 2.45) is 0 Å². The smallest absolute Gasteiger partial charge is 0.295 e. The van der Waals surface area contributed by atoms with E-state index < -0.39 is 17.7 Å². The van der Waals surface area contributed by atoms with Crippen LogP contribution in [0.2, 0.25) is 0 Å². The number of ketones is 1. The highest BCUT2D eigenvalue weighted by molar-refractivity contribution is 7.09. The number of benzene rings is 1. The lowest BCUT2D eigenvalue weighted by Gasteiger charge is -2.25. The fourth-order valence-electron chi connectivity index (χ4n) is 3.99. The number of aromatic nitrogens is 1. The van der Waals surface area contributed by atoms with Crippen molar-refractivity contribution in [1.29, 1.82) is 0 Å². The van der Waals surface area contributed by atoms with Gasteiger partial charge in [0.2, 0.25) is 0 Å². The number of carbonyl (C=O) groups is 2. The predicted molar refractivity (Wildman–Crippen MR) is 126 cm³/mol.